The van der Waals surface area contributed by atoms with Crippen molar-refractivity contribution < 1.29 is 19.1 Å². The topological polar surface area (TPSA) is 83.9 Å². The van der Waals surface area contributed by atoms with E-state index in [-0.39, 0.29) is 24.4 Å². The highest BCUT2D eigenvalue weighted by molar-refractivity contribution is 5.99. The van der Waals surface area contributed by atoms with E-state index in [9.17, 15) is 14.4 Å². The fourth-order valence-corrected chi connectivity index (χ4v) is 5.69. The van der Waals surface area contributed by atoms with Crippen LogP contribution in [0.5, 0.6) is 0 Å². The number of benzene rings is 2. The van der Waals surface area contributed by atoms with Gasteiger partial charge in [-0.05, 0) is 76.3 Å². The Balaban J connectivity index is 1.63. The van der Waals surface area contributed by atoms with Crippen molar-refractivity contribution in [3.63, 3.8) is 0 Å². The van der Waals surface area contributed by atoms with Crippen LogP contribution < -0.4 is 5.32 Å². The maximum Gasteiger partial charge on any atom is 0.407 e. The molecule has 0 fully saturated rings. The Kier molecular flexibility index (Phi) is 10.9. The van der Waals surface area contributed by atoms with Crippen molar-refractivity contribution in [2.24, 2.45) is 0 Å². The minimum atomic E-state index is -0.615. The highest BCUT2D eigenvalue weighted by Gasteiger charge is 2.32. The number of nitrogens with zero attached hydrogens (tertiary/aromatic N) is 3. The highest BCUT2D eigenvalue weighted by Crippen LogP contribution is 2.28. The summed E-state index contributed by atoms with van der Waals surface area (Å²) in [7, 11) is 0. The smallest absolute Gasteiger partial charge is 0.407 e. The Labute approximate surface area is 262 Å². The molecule has 8 heteroatoms. The standard InChI is InChI=1S/C36H48N4O4/c1-7-9-19-38(20-10-8-2)33(41)29-21-26(3)39(25-29)32-18-14-13-17-31(32)34(42)40-24-28-16-12-11-15-27(28)22-30(40)23-37-35(43)44-36(4,5)6/h11-18,21,25,30H,7-10,19-20,22-24H2,1-6H3,(H,37,43)/t30-/m0/s1. The number of unbranched alkanes of at least 4 members (excludes halogenated alkanes) is 2. The van der Waals surface area contributed by atoms with Crippen LogP contribution in [0.25, 0.3) is 5.69 Å². The van der Waals surface area contributed by atoms with Crippen LogP contribution in [0.4, 0.5) is 4.79 Å². The van der Waals surface area contributed by atoms with E-state index in [1.54, 1.807) is 0 Å². The Hall–Kier alpha value is -4.07. The number of hydrogen-bond donors (Lipinski definition) is 1. The molecular weight excluding hydrogens is 552 g/mol. The second-order valence-corrected chi connectivity index (χ2v) is 12.7. The average Bonchev–Trinajstić information content (AvgIpc) is 3.39. The van der Waals surface area contributed by atoms with Gasteiger partial charge >= 0.3 is 6.09 Å². The van der Waals surface area contributed by atoms with Gasteiger partial charge in [-0.3, -0.25) is 9.59 Å². The van der Waals surface area contributed by atoms with Crippen LogP contribution in [0.2, 0.25) is 0 Å². The van der Waals surface area contributed by atoms with Crippen molar-refractivity contribution >= 4 is 17.9 Å². The van der Waals surface area contributed by atoms with Gasteiger partial charge < -0.3 is 24.4 Å². The Morgan fingerprint density at radius 3 is 2.25 bits per heavy atom. The van der Waals surface area contributed by atoms with E-state index in [1.807, 2.05) is 90.7 Å². The number of amides is 3. The third-order valence-corrected chi connectivity index (χ3v) is 8.00. The number of hydrogen-bond acceptors (Lipinski definition) is 4. The third kappa shape index (κ3) is 8.10. The molecular formula is C36H48N4O4. The van der Waals surface area contributed by atoms with Crippen molar-refractivity contribution in [1.29, 1.82) is 0 Å². The summed E-state index contributed by atoms with van der Waals surface area (Å²) in [6, 6.07) is 17.3. The molecule has 8 nitrogen and oxygen atoms in total. The summed E-state index contributed by atoms with van der Waals surface area (Å²) in [6.07, 6.45) is 5.97. The highest BCUT2D eigenvalue weighted by atomic mass is 16.6. The molecule has 2 aromatic carbocycles. The molecule has 44 heavy (non-hydrogen) atoms. The van der Waals surface area contributed by atoms with Gasteiger partial charge in [0.05, 0.1) is 22.9 Å². The van der Waals surface area contributed by atoms with Gasteiger partial charge in [-0.15, -0.1) is 0 Å². The number of fused-ring (bicyclic) bond motifs is 1. The van der Waals surface area contributed by atoms with Gasteiger partial charge in [-0.2, -0.15) is 0 Å². The Morgan fingerprint density at radius 2 is 1.59 bits per heavy atom. The zero-order valence-corrected chi connectivity index (χ0v) is 27.2. The quantitative estimate of drug-likeness (QED) is 0.259. The van der Waals surface area contributed by atoms with E-state index in [1.165, 1.54) is 5.56 Å². The third-order valence-electron chi connectivity index (χ3n) is 8.00. The predicted molar refractivity (Wildman–Crippen MR) is 174 cm³/mol. The summed E-state index contributed by atoms with van der Waals surface area (Å²) in [6.45, 7) is 13.9. The molecule has 0 unspecified atom stereocenters. The molecule has 0 radical (unpaired) electrons. The maximum atomic E-state index is 14.4. The van der Waals surface area contributed by atoms with Crippen molar-refractivity contribution in [3.8, 4) is 5.69 Å². The van der Waals surface area contributed by atoms with E-state index in [4.69, 9.17) is 4.74 Å². The normalized spacial score (nSPS) is 14.6. The summed E-state index contributed by atoms with van der Waals surface area (Å²) in [5.41, 5.74) is 4.42. The van der Waals surface area contributed by atoms with Gasteiger partial charge in [0.1, 0.15) is 5.60 Å². The SMILES string of the molecule is CCCCN(CCCC)C(=O)c1cc(C)n(-c2ccccc2C(=O)N2Cc3ccccc3C[C@H]2CNC(=O)OC(C)(C)C)c1. The molecule has 2 heterocycles. The Bertz CT molecular complexity index is 1450. The number of ether oxygens (including phenoxy) is 1. The summed E-state index contributed by atoms with van der Waals surface area (Å²) < 4.78 is 7.41. The first-order chi connectivity index (χ1) is 21.0. The van der Waals surface area contributed by atoms with Gasteiger partial charge in [0.2, 0.25) is 0 Å². The van der Waals surface area contributed by atoms with Crippen LogP contribution in [0, 0.1) is 6.92 Å². The summed E-state index contributed by atoms with van der Waals surface area (Å²) >= 11 is 0. The molecule has 0 spiro atoms. The lowest BCUT2D eigenvalue weighted by atomic mass is 9.93. The van der Waals surface area contributed by atoms with Crippen LogP contribution in [-0.2, 0) is 17.7 Å². The summed E-state index contributed by atoms with van der Waals surface area (Å²) in [5.74, 6) is -0.0990. The van der Waals surface area contributed by atoms with Gasteiger partial charge in [-0.1, -0.05) is 63.1 Å². The minimum absolute atomic E-state index is 0.0264. The van der Waals surface area contributed by atoms with Gasteiger partial charge in [0.15, 0.2) is 0 Å². The number of nitrogens with one attached hydrogen (secondary N) is 1. The lowest BCUT2D eigenvalue weighted by molar-refractivity contribution is 0.0474. The van der Waals surface area contributed by atoms with Gasteiger partial charge in [-0.25, -0.2) is 4.79 Å². The largest absolute Gasteiger partial charge is 0.444 e. The van der Waals surface area contributed by atoms with Gasteiger partial charge in [0, 0.05) is 38.1 Å². The van der Waals surface area contributed by atoms with Crippen LogP contribution in [0.3, 0.4) is 0 Å². The van der Waals surface area contributed by atoms with Crippen molar-refractivity contribution in [2.75, 3.05) is 19.6 Å². The molecule has 3 aromatic rings. The lowest BCUT2D eigenvalue weighted by Gasteiger charge is -2.37. The number of carbonyl (C=O) groups excluding carboxylic acids is 3. The number of para-hydroxylation sites is 1. The molecule has 0 aliphatic carbocycles. The number of carbonyl (C=O) groups is 3. The molecule has 0 saturated heterocycles. The van der Waals surface area contributed by atoms with Crippen LogP contribution in [0.15, 0.2) is 60.8 Å². The first kappa shape index (κ1) is 32.8. The minimum Gasteiger partial charge on any atom is -0.444 e. The molecule has 1 aromatic heterocycles. The number of aryl methyl sites for hydroxylation is 1. The van der Waals surface area contributed by atoms with Crippen molar-refractivity contribution in [3.05, 3.63) is 88.7 Å². The number of aromatic nitrogens is 1. The molecule has 1 aliphatic rings. The number of rotatable bonds is 11. The van der Waals surface area contributed by atoms with E-state index < -0.39 is 11.7 Å². The van der Waals surface area contributed by atoms with Crippen LogP contribution >= 0.6 is 0 Å². The summed E-state index contributed by atoms with van der Waals surface area (Å²) in [5, 5.41) is 2.88. The second-order valence-electron chi connectivity index (χ2n) is 12.7. The summed E-state index contributed by atoms with van der Waals surface area (Å²) in [4.78, 5) is 44.3. The van der Waals surface area contributed by atoms with E-state index in [0.717, 1.165) is 55.7 Å². The van der Waals surface area contributed by atoms with Crippen molar-refractivity contribution in [2.45, 2.75) is 91.8 Å². The lowest BCUT2D eigenvalue weighted by Crippen LogP contribution is -2.50. The fourth-order valence-electron chi connectivity index (χ4n) is 5.69. The molecule has 0 saturated carbocycles. The molecule has 1 N–H and O–H groups in total. The van der Waals surface area contributed by atoms with E-state index >= 15 is 0 Å². The maximum absolute atomic E-state index is 14.4. The number of alkyl carbamates (subject to hydrolysis) is 1. The zero-order valence-electron chi connectivity index (χ0n) is 27.2. The predicted octanol–water partition coefficient (Wildman–Crippen LogP) is 6.92. The Morgan fingerprint density at radius 1 is 0.955 bits per heavy atom. The van der Waals surface area contributed by atoms with Crippen LogP contribution in [0.1, 0.15) is 97.8 Å². The molecule has 3 amide bonds. The monoisotopic (exact) mass is 600 g/mol. The van der Waals surface area contributed by atoms with E-state index in [0.29, 0.717) is 24.1 Å². The van der Waals surface area contributed by atoms with Crippen LogP contribution in [-0.4, -0.2) is 63.6 Å². The molecule has 1 atom stereocenters. The molecule has 4 rings (SSSR count). The fraction of sp³-hybridized carbons (Fsp3) is 0.472. The average molecular weight is 601 g/mol. The molecule has 1 aliphatic heterocycles. The first-order valence-electron chi connectivity index (χ1n) is 15.9. The molecule has 236 valence electrons. The van der Waals surface area contributed by atoms with E-state index in [2.05, 4.69) is 31.3 Å². The first-order valence-corrected chi connectivity index (χ1v) is 15.9. The zero-order chi connectivity index (χ0) is 31.9. The van der Waals surface area contributed by atoms with Crippen molar-refractivity contribution in [1.82, 2.24) is 19.7 Å². The second kappa shape index (κ2) is 14.6. The molecule has 0 bridgehead atoms. The van der Waals surface area contributed by atoms with Gasteiger partial charge in [0.25, 0.3) is 11.8 Å².